The van der Waals surface area contributed by atoms with Crippen molar-refractivity contribution in [2.24, 2.45) is 5.92 Å². The molecule has 1 atom stereocenters. The molecule has 1 aromatic heterocycles. The standard InChI is InChI=1S/C39H47N5O6/c45-34-12-10-31(32-11-13-36(47)42-38(32)34)35(46)26-40-20-14-37(48)44-24-16-27(17-25-44)15-21-43-22-18-29(19-23-43)50-39(49)41-33-9-5-4-8-30(33)28-6-2-1-3-7-28/h1-13,27,29,35,40,45-46H,14-26H2,(H,41,49)(H,42,47)/t35-/m0/s1. The molecule has 0 radical (unpaired) electrons. The van der Waals surface area contributed by atoms with Gasteiger partial charge in [0.15, 0.2) is 0 Å². The number of carbonyl (C=O) groups is 2. The van der Waals surface area contributed by atoms with Gasteiger partial charge >= 0.3 is 6.09 Å². The highest BCUT2D eigenvalue weighted by molar-refractivity contribution is 5.91. The Morgan fingerprint density at radius 3 is 2.42 bits per heavy atom. The number of amides is 2. The van der Waals surface area contributed by atoms with E-state index in [-0.39, 0.29) is 29.9 Å². The number of rotatable bonds is 12. The summed E-state index contributed by atoms with van der Waals surface area (Å²) in [4.78, 5) is 44.3. The zero-order valence-electron chi connectivity index (χ0n) is 28.4. The van der Waals surface area contributed by atoms with Crippen LogP contribution in [0.3, 0.4) is 0 Å². The molecule has 5 N–H and O–H groups in total. The summed E-state index contributed by atoms with van der Waals surface area (Å²) in [6.07, 6.45) is 3.72. The molecule has 2 amide bonds. The normalized spacial score (nSPS) is 16.7. The molecule has 11 nitrogen and oxygen atoms in total. The first kappa shape index (κ1) is 35.1. The average Bonchev–Trinajstić information content (AvgIpc) is 3.14. The number of para-hydroxylation sites is 1. The predicted octanol–water partition coefficient (Wildman–Crippen LogP) is 5.26. The number of anilines is 1. The van der Waals surface area contributed by atoms with Crippen LogP contribution in [0.15, 0.2) is 83.7 Å². The van der Waals surface area contributed by atoms with Crippen molar-refractivity contribution in [1.29, 1.82) is 0 Å². The number of aromatic amines is 1. The van der Waals surface area contributed by atoms with Crippen LogP contribution in [0, 0.1) is 5.92 Å². The molecular weight excluding hydrogens is 634 g/mol. The van der Waals surface area contributed by atoms with Crippen molar-refractivity contribution < 1.29 is 24.5 Å². The van der Waals surface area contributed by atoms with Gasteiger partial charge in [0.1, 0.15) is 11.9 Å². The number of carbonyl (C=O) groups excluding carboxylic acids is 2. The Morgan fingerprint density at radius 2 is 1.64 bits per heavy atom. The number of nitrogens with zero attached hydrogens (tertiary/aromatic N) is 2. The van der Waals surface area contributed by atoms with Gasteiger partial charge in [-0.1, -0.05) is 54.6 Å². The lowest BCUT2D eigenvalue weighted by molar-refractivity contribution is -0.132. The van der Waals surface area contributed by atoms with E-state index in [9.17, 15) is 24.6 Å². The van der Waals surface area contributed by atoms with Gasteiger partial charge in [-0.15, -0.1) is 0 Å². The minimum absolute atomic E-state index is 0.0497. The summed E-state index contributed by atoms with van der Waals surface area (Å²) in [5, 5.41) is 27.5. The van der Waals surface area contributed by atoms with E-state index in [0.717, 1.165) is 81.6 Å². The van der Waals surface area contributed by atoms with Crippen LogP contribution in [0.2, 0.25) is 0 Å². The van der Waals surface area contributed by atoms with E-state index in [0.29, 0.717) is 35.3 Å². The Hall–Kier alpha value is -4.71. The van der Waals surface area contributed by atoms with E-state index < -0.39 is 12.2 Å². The maximum Gasteiger partial charge on any atom is 0.411 e. The van der Waals surface area contributed by atoms with Crippen molar-refractivity contribution >= 4 is 28.6 Å². The van der Waals surface area contributed by atoms with Crippen LogP contribution in [-0.2, 0) is 9.53 Å². The molecule has 11 heteroatoms. The molecule has 3 aromatic carbocycles. The van der Waals surface area contributed by atoms with Gasteiger partial charge in [-0.3, -0.25) is 14.9 Å². The number of benzene rings is 3. The van der Waals surface area contributed by atoms with Crippen LogP contribution in [0.25, 0.3) is 22.0 Å². The van der Waals surface area contributed by atoms with E-state index in [1.165, 1.54) is 12.1 Å². The monoisotopic (exact) mass is 681 g/mol. The molecule has 2 aliphatic rings. The smallest absolute Gasteiger partial charge is 0.411 e. The number of fused-ring (bicyclic) bond motifs is 1. The fourth-order valence-electron chi connectivity index (χ4n) is 7.09. The Balaban J connectivity index is 0.845. The van der Waals surface area contributed by atoms with Gasteiger partial charge < -0.3 is 35.1 Å². The molecule has 2 aliphatic heterocycles. The molecule has 6 rings (SSSR count). The maximum atomic E-state index is 12.9. The number of H-pyrrole nitrogens is 1. The SMILES string of the molecule is O=C(Nc1ccccc1-c1ccccc1)OC1CCN(CCC2CCN(C(=O)CCNC[C@H](O)c3ccc(O)c4[nH]c(=O)ccc34)CC2)CC1. The van der Waals surface area contributed by atoms with Crippen LogP contribution >= 0.6 is 0 Å². The number of hydrogen-bond donors (Lipinski definition) is 5. The molecule has 0 spiro atoms. The van der Waals surface area contributed by atoms with E-state index in [2.05, 4.69) is 20.5 Å². The lowest BCUT2D eigenvalue weighted by Gasteiger charge is -2.35. The van der Waals surface area contributed by atoms with Gasteiger partial charge in [0.2, 0.25) is 11.5 Å². The summed E-state index contributed by atoms with van der Waals surface area (Å²) in [6.45, 7) is 5.05. The van der Waals surface area contributed by atoms with E-state index in [1.54, 1.807) is 12.1 Å². The Bertz CT molecular complexity index is 1800. The lowest BCUT2D eigenvalue weighted by Crippen LogP contribution is -2.42. The molecule has 2 saturated heterocycles. The molecule has 50 heavy (non-hydrogen) atoms. The van der Waals surface area contributed by atoms with Crippen molar-refractivity contribution in [3.63, 3.8) is 0 Å². The number of likely N-dealkylation sites (tertiary alicyclic amines) is 2. The summed E-state index contributed by atoms with van der Waals surface area (Å²) >= 11 is 0. The van der Waals surface area contributed by atoms with Crippen molar-refractivity contribution in [3.8, 4) is 16.9 Å². The van der Waals surface area contributed by atoms with Crippen molar-refractivity contribution in [1.82, 2.24) is 20.1 Å². The molecule has 0 unspecified atom stereocenters. The number of aliphatic hydroxyl groups excluding tert-OH is 1. The number of hydrogen-bond acceptors (Lipinski definition) is 8. The first-order chi connectivity index (χ1) is 24.3. The average molecular weight is 682 g/mol. The van der Waals surface area contributed by atoms with Gasteiger partial charge in [-0.05, 0) is 73.9 Å². The van der Waals surface area contributed by atoms with Crippen molar-refractivity contribution in [3.05, 3.63) is 94.8 Å². The second-order valence-corrected chi connectivity index (χ2v) is 13.4. The van der Waals surface area contributed by atoms with E-state index >= 15 is 0 Å². The summed E-state index contributed by atoms with van der Waals surface area (Å²) < 4.78 is 5.80. The van der Waals surface area contributed by atoms with Crippen molar-refractivity contribution in [2.45, 2.75) is 50.7 Å². The molecule has 4 aromatic rings. The zero-order chi connectivity index (χ0) is 34.9. The van der Waals surface area contributed by atoms with Gasteiger partial charge in [0.05, 0.1) is 17.3 Å². The summed E-state index contributed by atoms with van der Waals surface area (Å²) in [7, 11) is 0. The third-order valence-corrected chi connectivity index (χ3v) is 10.00. The molecule has 0 bridgehead atoms. The van der Waals surface area contributed by atoms with Crippen LogP contribution in [0.4, 0.5) is 10.5 Å². The number of piperidine rings is 2. The van der Waals surface area contributed by atoms with E-state index in [4.69, 9.17) is 4.74 Å². The number of ether oxygens (including phenoxy) is 1. The number of nitrogens with one attached hydrogen (secondary N) is 3. The summed E-state index contributed by atoms with van der Waals surface area (Å²) in [5.41, 5.74) is 3.30. The minimum atomic E-state index is -0.860. The van der Waals surface area contributed by atoms with Crippen LogP contribution in [0.1, 0.15) is 50.2 Å². The Morgan fingerprint density at radius 1 is 0.900 bits per heavy atom. The Kier molecular flexibility index (Phi) is 11.8. The number of pyridine rings is 1. The second-order valence-electron chi connectivity index (χ2n) is 13.4. The highest BCUT2D eigenvalue weighted by atomic mass is 16.6. The number of phenols is 1. The third kappa shape index (κ3) is 9.09. The highest BCUT2D eigenvalue weighted by Crippen LogP contribution is 2.30. The topological polar surface area (TPSA) is 147 Å². The number of phenolic OH excluding ortho intramolecular Hbond substituents is 1. The first-order valence-electron chi connectivity index (χ1n) is 17.7. The third-order valence-electron chi connectivity index (χ3n) is 10.00. The predicted molar refractivity (Wildman–Crippen MR) is 194 cm³/mol. The molecule has 0 saturated carbocycles. The highest BCUT2D eigenvalue weighted by Gasteiger charge is 2.26. The molecule has 2 fully saturated rings. The molecular formula is C39H47N5O6. The first-order valence-corrected chi connectivity index (χ1v) is 17.7. The van der Waals surface area contributed by atoms with Gasteiger partial charge in [0, 0.05) is 62.7 Å². The molecule has 0 aliphatic carbocycles. The second kappa shape index (κ2) is 16.8. The zero-order valence-corrected chi connectivity index (χ0v) is 28.4. The number of aromatic hydroxyl groups is 1. The lowest BCUT2D eigenvalue weighted by atomic mass is 9.92. The number of aliphatic hydroxyl groups is 1. The van der Waals surface area contributed by atoms with Crippen LogP contribution in [0.5, 0.6) is 5.75 Å². The summed E-state index contributed by atoms with van der Waals surface area (Å²) in [6, 6.07) is 23.8. The van der Waals surface area contributed by atoms with Crippen molar-refractivity contribution in [2.75, 3.05) is 51.1 Å². The Labute approximate surface area is 292 Å². The van der Waals surface area contributed by atoms with Gasteiger partial charge in [0.25, 0.3) is 0 Å². The summed E-state index contributed by atoms with van der Waals surface area (Å²) in [5.74, 6) is 0.658. The molecule has 264 valence electrons. The number of aromatic nitrogens is 1. The van der Waals surface area contributed by atoms with Gasteiger partial charge in [-0.25, -0.2) is 4.79 Å². The van der Waals surface area contributed by atoms with E-state index in [1.807, 2.05) is 59.5 Å². The van der Waals surface area contributed by atoms with Gasteiger partial charge in [-0.2, -0.15) is 0 Å². The van der Waals surface area contributed by atoms with Crippen LogP contribution < -0.4 is 16.2 Å². The maximum absolute atomic E-state index is 12.9. The fraction of sp³-hybridized carbons (Fsp3) is 0.410. The fourth-order valence-corrected chi connectivity index (χ4v) is 7.09. The van der Waals surface area contributed by atoms with Crippen LogP contribution in [-0.4, -0.2) is 88.9 Å². The largest absolute Gasteiger partial charge is 0.506 e. The quantitative estimate of drug-likeness (QED) is 0.127. The molecule has 3 heterocycles. The minimum Gasteiger partial charge on any atom is -0.506 e.